The topological polar surface area (TPSA) is 65.1 Å². The minimum Gasteiger partial charge on any atom is -0.490 e. The fourth-order valence-electron chi connectivity index (χ4n) is 2.83. The SMILES string of the molecule is CCOc1cc(/C=C2/SC(=O)N(CCOC)C2=O)c(Br)cc1OCc1ccccc1F. The molecule has 0 spiro atoms. The Kier molecular flexibility index (Phi) is 8.11. The Labute approximate surface area is 192 Å². The molecule has 3 rings (SSSR count). The van der Waals surface area contributed by atoms with E-state index < -0.39 is 0 Å². The number of carbonyl (C=O) groups excluding carboxylic acids is 2. The number of benzene rings is 2. The van der Waals surface area contributed by atoms with Crippen LogP contribution in [0.3, 0.4) is 0 Å². The van der Waals surface area contributed by atoms with Gasteiger partial charge in [-0.1, -0.05) is 34.1 Å². The summed E-state index contributed by atoms with van der Waals surface area (Å²) in [7, 11) is 1.51. The number of thioether (sulfide) groups is 1. The first-order chi connectivity index (χ1) is 14.9. The number of imide groups is 1. The third-order valence-electron chi connectivity index (χ3n) is 4.38. The predicted octanol–water partition coefficient (Wildman–Crippen LogP) is 5.25. The number of amides is 2. The molecule has 0 unspecified atom stereocenters. The van der Waals surface area contributed by atoms with Crippen molar-refractivity contribution in [2.24, 2.45) is 0 Å². The molecule has 0 bridgehead atoms. The average Bonchev–Trinajstić information content (AvgIpc) is 3.01. The second kappa shape index (κ2) is 10.8. The minimum absolute atomic E-state index is 0.0386. The van der Waals surface area contributed by atoms with Gasteiger partial charge in [0.1, 0.15) is 12.4 Å². The molecule has 31 heavy (non-hydrogen) atoms. The van der Waals surface area contributed by atoms with Crippen LogP contribution in [0.2, 0.25) is 0 Å². The van der Waals surface area contributed by atoms with Crippen LogP contribution in [0.15, 0.2) is 45.8 Å². The van der Waals surface area contributed by atoms with E-state index in [-0.39, 0.29) is 36.7 Å². The number of halogens is 2. The summed E-state index contributed by atoms with van der Waals surface area (Å²) >= 11 is 4.36. The monoisotopic (exact) mass is 509 g/mol. The van der Waals surface area contributed by atoms with E-state index in [2.05, 4.69) is 15.9 Å². The summed E-state index contributed by atoms with van der Waals surface area (Å²) in [4.78, 5) is 26.2. The lowest BCUT2D eigenvalue weighted by Gasteiger charge is -2.14. The van der Waals surface area contributed by atoms with Gasteiger partial charge in [0.15, 0.2) is 11.5 Å². The van der Waals surface area contributed by atoms with Gasteiger partial charge in [0.2, 0.25) is 0 Å². The van der Waals surface area contributed by atoms with Gasteiger partial charge in [0.05, 0.1) is 24.7 Å². The van der Waals surface area contributed by atoms with Crippen molar-refractivity contribution in [2.45, 2.75) is 13.5 Å². The Morgan fingerprint density at radius 3 is 2.61 bits per heavy atom. The molecule has 0 aliphatic carbocycles. The zero-order chi connectivity index (χ0) is 22.4. The summed E-state index contributed by atoms with van der Waals surface area (Å²) in [6.07, 6.45) is 1.63. The van der Waals surface area contributed by atoms with Gasteiger partial charge in [-0.05, 0) is 48.5 Å². The van der Waals surface area contributed by atoms with Gasteiger partial charge in [-0.25, -0.2) is 4.39 Å². The molecule has 2 aromatic rings. The van der Waals surface area contributed by atoms with Crippen LogP contribution in [0, 0.1) is 5.82 Å². The van der Waals surface area contributed by atoms with E-state index in [9.17, 15) is 14.0 Å². The van der Waals surface area contributed by atoms with Crippen molar-refractivity contribution in [2.75, 3.05) is 26.9 Å². The maximum absolute atomic E-state index is 13.9. The molecule has 1 saturated heterocycles. The van der Waals surface area contributed by atoms with Gasteiger partial charge < -0.3 is 14.2 Å². The fraction of sp³-hybridized carbons (Fsp3) is 0.273. The highest BCUT2D eigenvalue weighted by atomic mass is 79.9. The van der Waals surface area contributed by atoms with Crippen molar-refractivity contribution in [3.05, 3.63) is 62.7 Å². The van der Waals surface area contributed by atoms with Crippen LogP contribution < -0.4 is 9.47 Å². The standard InChI is InChI=1S/C22H21BrFNO5S/c1-3-29-18-10-15(11-20-21(26)25(8-9-28-2)22(27)31-20)16(23)12-19(18)30-13-14-6-4-5-7-17(14)24/h4-7,10-12H,3,8-9,13H2,1-2H3/b20-11+. The van der Waals surface area contributed by atoms with E-state index in [1.807, 2.05) is 6.92 Å². The summed E-state index contributed by atoms with van der Waals surface area (Å²) < 4.78 is 31.0. The van der Waals surface area contributed by atoms with Gasteiger partial charge in [0, 0.05) is 17.1 Å². The fourth-order valence-corrected chi connectivity index (χ4v) is 4.12. The number of nitrogens with zero attached hydrogens (tertiary/aromatic N) is 1. The number of hydrogen-bond donors (Lipinski definition) is 0. The smallest absolute Gasteiger partial charge is 0.293 e. The summed E-state index contributed by atoms with van der Waals surface area (Å²) in [5.41, 5.74) is 1.08. The first-order valence-electron chi connectivity index (χ1n) is 9.51. The zero-order valence-corrected chi connectivity index (χ0v) is 19.4. The van der Waals surface area contributed by atoms with Crippen molar-refractivity contribution in [1.82, 2.24) is 4.90 Å². The molecule has 1 aliphatic heterocycles. The number of rotatable bonds is 9. The van der Waals surface area contributed by atoms with Crippen molar-refractivity contribution < 1.29 is 28.2 Å². The Balaban J connectivity index is 1.85. The quantitative estimate of drug-likeness (QED) is 0.430. The Morgan fingerprint density at radius 2 is 1.90 bits per heavy atom. The third-order valence-corrected chi connectivity index (χ3v) is 5.98. The molecule has 0 aromatic heterocycles. The van der Waals surface area contributed by atoms with E-state index in [4.69, 9.17) is 14.2 Å². The first-order valence-corrected chi connectivity index (χ1v) is 11.1. The van der Waals surface area contributed by atoms with Gasteiger partial charge >= 0.3 is 0 Å². The molecule has 0 N–H and O–H groups in total. The molecule has 2 aromatic carbocycles. The van der Waals surface area contributed by atoms with Crippen molar-refractivity contribution in [3.63, 3.8) is 0 Å². The average molecular weight is 510 g/mol. The number of methoxy groups -OCH3 is 1. The van der Waals surface area contributed by atoms with Crippen LogP contribution in [0.1, 0.15) is 18.1 Å². The lowest BCUT2D eigenvalue weighted by molar-refractivity contribution is -0.123. The second-order valence-electron chi connectivity index (χ2n) is 6.46. The minimum atomic E-state index is -0.364. The highest BCUT2D eigenvalue weighted by molar-refractivity contribution is 9.10. The largest absolute Gasteiger partial charge is 0.490 e. The molecular weight excluding hydrogens is 489 g/mol. The highest BCUT2D eigenvalue weighted by Crippen LogP contribution is 2.38. The van der Waals surface area contributed by atoms with Crippen LogP contribution in [-0.2, 0) is 16.1 Å². The summed E-state index contributed by atoms with van der Waals surface area (Å²) in [5, 5.41) is -0.334. The number of hydrogen-bond acceptors (Lipinski definition) is 6. The van der Waals surface area contributed by atoms with Crippen LogP contribution >= 0.6 is 27.7 Å². The van der Waals surface area contributed by atoms with E-state index >= 15 is 0 Å². The molecule has 9 heteroatoms. The van der Waals surface area contributed by atoms with E-state index in [1.54, 1.807) is 36.4 Å². The van der Waals surface area contributed by atoms with Gasteiger partial charge in [-0.15, -0.1) is 0 Å². The van der Waals surface area contributed by atoms with Crippen LogP contribution in [0.25, 0.3) is 6.08 Å². The normalized spacial score (nSPS) is 15.1. The summed E-state index contributed by atoms with van der Waals surface area (Å²) in [6, 6.07) is 9.80. The third kappa shape index (κ3) is 5.66. The molecule has 1 heterocycles. The zero-order valence-electron chi connectivity index (χ0n) is 17.0. The van der Waals surface area contributed by atoms with Gasteiger partial charge in [0.25, 0.3) is 11.1 Å². The maximum Gasteiger partial charge on any atom is 0.293 e. The van der Waals surface area contributed by atoms with Crippen LogP contribution in [0.5, 0.6) is 11.5 Å². The molecule has 164 valence electrons. The second-order valence-corrected chi connectivity index (χ2v) is 8.31. The highest BCUT2D eigenvalue weighted by Gasteiger charge is 2.34. The Morgan fingerprint density at radius 1 is 1.16 bits per heavy atom. The Hall–Kier alpha value is -2.36. The van der Waals surface area contributed by atoms with Crippen LogP contribution in [-0.4, -0.2) is 42.9 Å². The maximum atomic E-state index is 13.9. The van der Waals surface area contributed by atoms with Gasteiger partial charge in [-0.3, -0.25) is 14.5 Å². The van der Waals surface area contributed by atoms with Gasteiger partial charge in [-0.2, -0.15) is 0 Å². The summed E-state index contributed by atoms with van der Waals surface area (Å²) in [6.45, 7) is 2.75. The van der Waals surface area contributed by atoms with Crippen molar-refractivity contribution >= 4 is 44.9 Å². The molecule has 0 radical (unpaired) electrons. The summed E-state index contributed by atoms with van der Waals surface area (Å²) in [5.74, 6) is 0.173. The lowest BCUT2D eigenvalue weighted by Crippen LogP contribution is -2.31. The predicted molar refractivity (Wildman–Crippen MR) is 121 cm³/mol. The lowest BCUT2D eigenvalue weighted by atomic mass is 10.1. The molecular formula is C22H21BrFNO5S. The molecule has 6 nitrogen and oxygen atoms in total. The molecule has 1 fully saturated rings. The first kappa shape index (κ1) is 23.3. The van der Waals surface area contributed by atoms with Crippen molar-refractivity contribution in [1.29, 1.82) is 0 Å². The number of carbonyl (C=O) groups is 2. The molecule has 2 amide bonds. The van der Waals surface area contributed by atoms with Crippen molar-refractivity contribution in [3.8, 4) is 11.5 Å². The van der Waals surface area contributed by atoms with Crippen LogP contribution in [0.4, 0.5) is 9.18 Å². The Bertz CT molecular complexity index is 1010. The molecule has 0 saturated carbocycles. The van der Waals surface area contributed by atoms with E-state index in [0.29, 0.717) is 38.6 Å². The molecule has 0 atom stereocenters. The van der Waals surface area contributed by atoms with E-state index in [1.165, 1.54) is 13.2 Å². The number of ether oxygens (including phenoxy) is 3. The van der Waals surface area contributed by atoms with E-state index in [0.717, 1.165) is 16.7 Å². The molecule has 1 aliphatic rings.